The number of rotatable bonds is 5. The molecule has 130 valence electrons. The number of carbonyl (C=O) groups excluding carboxylic acids is 1. The fourth-order valence-corrected chi connectivity index (χ4v) is 3.16. The lowest BCUT2D eigenvalue weighted by Crippen LogP contribution is -2.29. The van der Waals surface area contributed by atoms with Crippen LogP contribution in [-0.4, -0.2) is 12.5 Å². The largest absolute Gasteiger partial charge is 0.351 e. The van der Waals surface area contributed by atoms with Crippen LogP contribution < -0.4 is 21.7 Å². The summed E-state index contributed by atoms with van der Waals surface area (Å²) in [7, 11) is 0. The van der Waals surface area contributed by atoms with E-state index in [-0.39, 0.29) is 11.8 Å². The van der Waals surface area contributed by atoms with Crippen LogP contribution in [0, 0.1) is 0 Å². The Morgan fingerprint density at radius 1 is 0.808 bits per heavy atom. The van der Waals surface area contributed by atoms with Crippen LogP contribution >= 0.6 is 0 Å². The molecule has 1 amide bonds. The predicted molar refractivity (Wildman–Crippen MR) is 104 cm³/mol. The number of benzene rings is 3. The standard InChI is InChI=1S/C21H20N4O/c26-21(17-11-12-19-20(13-17)24-25-23-19)22-14-18(15-7-3-1-4-8-15)16-9-5-2-6-10-16/h1-13,18,23-25H,14H2,(H,22,26). The van der Waals surface area contributed by atoms with Gasteiger partial charge >= 0.3 is 0 Å². The first kappa shape index (κ1) is 16.2. The molecule has 0 saturated carbocycles. The van der Waals surface area contributed by atoms with E-state index in [1.807, 2.05) is 54.6 Å². The molecule has 0 radical (unpaired) electrons. The molecule has 26 heavy (non-hydrogen) atoms. The number of hydrogen-bond acceptors (Lipinski definition) is 4. The van der Waals surface area contributed by atoms with E-state index in [0.29, 0.717) is 12.1 Å². The number of amides is 1. The van der Waals surface area contributed by atoms with Gasteiger partial charge in [0, 0.05) is 18.0 Å². The van der Waals surface area contributed by atoms with Gasteiger partial charge in [0.1, 0.15) is 0 Å². The predicted octanol–water partition coefficient (Wildman–Crippen LogP) is 3.51. The van der Waals surface area contributed by atoms with E-state index in [4.69, 9.17) is 0 Å². The summed E-state index contributed by atoms with van der Waals surface area (Å²) >= 11 is 0. The Hall–Kier alpha value is -3.31. The van der Waals surface area contributed by atoms with Gasteiger partial charge in [0.25, 0.3) is 5.91 Å². The molecular formula is C21H20N4O. The quantitative estimate of drug-likeness (QED) is 0.572. The minimum absolute atomic E-state index is 0.0848. The van der Waals surface area contributed by atoms with Gasteiger partial charge in [0.05, 0.1) is 11.4 Å². The van der Waals surface area contributed by atoms with Crippen molar-refractivity contribution in [3.63, 3.8) is 0 Å². The molecule has 1 aliphatic rings. The highest BCUT2D eigenvalue weighted by Gasteiger charge is 2.17. The molecule has 0 unspecified atom stereocenters. The zero-order valence-electron chi connectivity index (χ0n) is 14.2. The molecule has 0 aliphatic carbocycles. The minimum Gasteiger partial charge on any atom is -0.351 e. The van der Waals surface area contributed by atoms with Crippen molar-refractivity contribution in [2.24, 2.45) is 0 Å². The minimum atomic E-state index is -0.0848. The van der Waals surface area contributed by atoms with Gasteiger partial charge in [-0.15, -0.1) is 5.53 Å². The van der Waals surface area contributed by atoms with Gasteiger partial charge in [-0.2, -0.15) is 0 Å². The van der Waals surface area contributed by atoms with Crippen molar-refractivity contribution in [1.29, 1.82) is 0 Å². The van der Waals surface area contributed by atoms with Gasteiger partial charge in [-0.05, 0) is 29.3 Å². The fourth-order valence-electron chi connectivity index (χ4n) is 3.16. The molecule has 0 spiro atoms. The van der Waals surface area contributed by atoms with Crippen molar-refractivity contribution < 1.29 is 4.79 Å². The molecule has 3 aromatic rings. The normalized spacial score (nSPS) is 12.2. The summed E-state index contributed by atoms with van der Waals surface area (Å²) in [6.45, 7) is 0.536. The van der Waals surface area contributed by atoms with Crippen LogP contribution in [0.3, 0.4) is 0 Å². The van der Waals surface area contributed by atoms with Crippen LogP contribution in [0.2, 0.25) is 0 Å². The van der Waals surface area contributed by atoms with Crippen molar-refractivity contribution in [2.75, 3.05) is 17.4 Å². The van der Waals surface area contributed by atoms with Crippen LogP contribution in [0.4, 0.5) is 11.4 Å². The van der Waals surface area contributed by atoms with Crippen molar-refractivity contribution in [3.05, 3.63) is 95.6 Å². The van der Waals surface area contributed by atoms with Gasteiger partial charge in [-0.3, -0.25) is 4.79 Å². The monoisotopic (exact) mass is 344 g/mol. The van der Waals surface area contributed by atoms with Gasteiger partial charge in [0.15, 0.2) is 0 Å². The van der Waals surface area contributed by atoms with E-state index in [1.165, 1.54) is 11.1 Å². The van der Waals surface area contributed by atoms with E-state index in [0.717, 1.165) is 11.4 Å². The topological polar surface area (TPSA) is 65.2 Å². The van der Waals surface area contributed by atoms with Crippen LogP contribution in [0.15, 0.2) is 78.9 Å². The summed E-state index contributed by atoms with van der Waals surface area (Å²) in [5, 5.41) is 3.08. The van der Waals surface area contributed by atoms with Crippen molar-refractivity contribution in [1.82, 2.24) is 10.9 Å². The molecule has 1 aliphatic heterocycles. The molecule has 0 bridgehead atoms. The highest BCUT2D eigenvalue weighted by Crippen LogP contribution is 2.26. The van der Waals surface area contributed by atoms with Gasteiger partial charge in [-0.25, -0.2) is 0 Å². The summed E-state index contributed by atoms with van der Waals surface area (Å²) in [6.07, 6.45) is 0. The summed E-state index contributed by atoms with van der Waals surface area (Å²) in [5.41, 5.74) is 13.5. The summed E-state index contributed by atoms with van der Waals surface area (Å²) in [6, 6.07) is 26.0. The second-order valence-corrected chi connectivity index (χ2v) is 6.22. The third-order valence-corrected chi connectivity index (χ3v) is 4.55. The average Bonchev–Trinajstić information content (AvgIpc) is 3.17. The SMILES string of the molecule is O=C(NCC(c1ccccc1)c1ccccc1)c1ccc2c(c1)NNN2. The molecule has 4 N–H and O–H groups in total. The first-order valence-electron chi connectivity index (χ1n) is 8.60. The molecular weight excluding hydrogens is 324 g/mol. The Bertz CT molecular complexity index is 857. The lowest BCUT2D eigenvalue weighted by Gasteiger charge is -2.19. The molecule has 5 nitrogen and oxygen atoms in total. The summed E-state index contributed by atoms with van der Waals surface area (Å²) < 4.78 is 0. The first-order valence-corrected chi connectivity index (χ1v) is 8.60. The molecule has 3 aromatic carbocycles. The van der Waals surface area contributed by atoms with Gasteiger partial charge < -0.3 is 16.2 Å². The lowest BCUT2D eigenvalue weighted by molar-refractivity contribution is 0.0952. The first-order chi connectivity index (χ1) is 12.8. The number of carbonyl (C=O) groups is 1. The molecule has 0 atom stereocenters. The van der Waals surface area contributed by atoms with E-state index in [9.17, 15) is 4.79 Å². The van der Waals surface area contributed by atoms with Crippen molar-refractivity contribution >= 4 is 17.3 Å². The van der Waals surface area contributed by atoms with Gasteiger partial charge in [0.2, 0.25) is 0 Å². The average molecular weight is 344 g/mol. The van der Waals surface area contributed by atoms with Crippen molar-refractivity contribution in [2.45, 2.75) is 5.92 Å². The third-order valence-electron chi connectivity index (χ3n) is 4.55. The van der Waals surface area contributed by atoms with E-state index < -0.39 is 0 Å². The number of hydrazine groups is 2. The molecule has 0 saturated heterocycles. The second kappa shape index (κ2) is 7.29. The molecule has 1 heterocycles. The molecule has 0 fully saturated rings. The second-order valence-electron chi connectivity index (χ2n) is 6.22. The van der Waals surface area contributed by atoms with E-state index in [1.54, 1.807) is 0 Å². The van der Waals surface area contributed by atoms with E-state index in [2.05, 4.69) is 46.0 Å². The van der Waals surface area contributed by atoms with Crippen LogP contribution in [0.1, 0.15) is 27.4 Å². The maximum absolute atomic E-state index is 12.6. The Labute approximate surface area is 152 Å². The van der Waals surface area contributed by atoms with Crippen LogP contribution in [0.25, 0.3) is 0 Å². The number of hydrogen-bond donors (Lipinski definition) is 4. The Morgan fingerprint density at radius 2 is 1.42 bits per heavy atom. The molecule has 5 heteroatoms. The zero-order valence-corrected chi connectivity index (χ0v) is 14.2. The summed E-state index contributed by atoms with van der Waals surface area (Å²) in [5.74, 6) is 0.0237. The van der Waals surface area contributed by atoms with E-state index >= 15 is 0 Å². The Morgan fingerprint density at radius 3 is 2.08 bits per heavy atom. The molecule has 0 aromatic heterocycles. The van der Waals surface area contributed by atoms with Crippen LogP contribution in [-0.2, 0) is 0 Å². The Balaban J connectivity index is 1.52. The summed E-state index contributed by atoms with van der Waals surface area (Å²) in [4.78, 5) is 12.6. The maximum Gasteiger partial charge on any atom is 0.251 e. The third kappa shape index (κ3) is 3.38. The van der Waals surface area contributed by atoms with Gasteiger partial charge in [-0.1, -0.05) is 60.7 Å². The molecule has 4 rings (SSSR count). The zero-order chi connectivity index (χ0) is 17.8. The fraction of sp³-hybridized carbons (Fsp3) is 0.0952. The maximum atomic E-state index is 12.6. The number of anilines is 2. The lowest BCUT2D eigenvalue weighted by atomic mass is 9.91. The van der Waals surface area contributed by atoms with Crippen LogP contribution in [0.5, 0.6) is 0 Å². The van der Waals surface area contributed by atoms with Crippen molar-refractivity contribution in [3.8, 4) is 0 Å². The Kier molecular flexibility index (Phi) is 4.53. The highest BCUT2D eigenvalue weighted by molar-refractivity contribution is 5.96. The number of fused-ring (bicyclic) bond motifs is 1. The highest BCUT2D eigenvalue weighted by atomic mass is 16.1. The number of nitrogens with one attached hydrogen (secondary N) is 4. The smallest absolute Gasteiger partial charge is 0.251 e.